The van der Waals surface area contributed by atoms with E-state index in [0.29, 0.717) is 18.1 Å². The van der Waals surface area contributed by atoms with Crippen molar-refractivity contribution >= 4 is 17.3 Å². The molecular weight excluding hydrogens is 204 g/mol. The third kappa shape index (κ3) is 2.67. The van der Waals surface area contributed by atoms with Gasteiger partial charge in [0.15, 0.2) is 0 Å². The molecule has 1 aromatic carbocycles. The summed E-state index contributed by atoms with van der Waals surface area (Å²) in [6.07, 6.45) is 0. The smallest absolute Gasteiger partial charge is 0.155 e. The molecule has 1 rings (SSSR count). The molecule has 5 heteroatoms. The van der Waals surface area contributed by atoms with Gasteiger partial charge in [-0.05, 0) is 12.5 Å². The van der Waals surface area contributed by atoms with E-state index in [2.05, 4.69) is 5.43 Å². The van der Waals surface area contributed by atoms with Crippen LogP contribution < -0.4 is 10.3 Å². The molecule has 0 aliphatic carbocycles. The molecule has 78 valence electrons. The maximum atomic E-state index is 9.50. The molecule has 4 nitrogen and oxygen atoms in total. The molecule has 0 aliphatic heterocycles. The van der Waals surface area contributed by atoms with Gasteiger partial charge in [0.2, 0.25) is 5.69 Å². The Balaban J connectivity index is 2.85. The van der Waals surface area contributed by atoms with Crippen LogP contribution in [-0.4, -0.2) is 17.0 Å². The average Bonchev–Trinajstić information content (AvgIpc) is 2.18. The van der Waals surface area contributed by atoms with Gasteiger partial charge in [0.1, 0.15) is 0 Å². The minimum atomic E-state index is -1.31. The van der Waals surface area contributed by atoms with E-state index in [0.717, 1.165) is 5.56 Å². The first kappa shape index (κ1) is 11.4. The second kappa shape index (κ2) is 4.72. The Morgan fingerprint density at radius 2 is 1.86 bits per heavy atom. The van der Waals surface area contributed by atoms with E-state index < -0.39 is 4.92 Å². The normalized spacial score (nSPS) is 11.7. The van der Waals surface area contributed by atoms with E-state index in [1.807, 2.05) is 0 Å². The Kier molecular flexibility index (Phi) is 3.86. The molecule has 0 aromatic heterocycles. The summed E-state index contributed by atoms with van der Waals surface area (Å²) in [6.45, 7) is 2.23. The van der Waals surface area contributed by atoms with E-state index in [9.17, 15) is 10.4 Å². The maximum absolute atomic E-state index is 9.50. The molecule has 0 atom stereocenters. The highest BCUT2D eigenvalue weighted by molar-refractivity contribution is 6.17. The third-order valence-electron chi connectivity index (χ3n) is 1.83. The number of alkyl halides is 1. The van der Waals surface area contributed by atoms with Crippen LogP contribution in [0.2, 0.25) is 0 Å². The molecule has 0 radical (unpaired) electrons. The maximum Gasteiger partial charge on any atom is 0.221 e. The van der Waals surface area contributed by atoms with Crippen LogP contribution in [0.5, 0.6) is 0 Å². The first-order valence-electron chi connectivity index (χ1n) is 4.35. The average molecular weight is 218 g/mol. The van der Waals surface area contributed by atoms with Crippen molar-refractivity contribution in [2.75, 3.05) is 6.54 Å². The van der Waals surface area contributed by atoms with Gasteiger partial charge in [-0.25, -0.2) is 0 Å². The molecule has 14 heavy (non-hydrogen) atoms. The summed E-state index contributed by atoms with van der Waals surface area (Å²) in [4.78, 5) is -1.31. The lowest BCUT2D eigenvalue weighted by Crippen LogP contribution is -2.54. The predicted octanol–water partition coefficient (Wildman–Crippen LogP) is 2.04. The van der Waals surface area contributed by atoms with Crippen molar-refractivity contribution in [1.29, 1.82) is 0 Å². The lowest BCUT2D eigenvalue weighted by atomic mass is 10.2. The number of hydrogen-bond acceptors (Lipinski definition) is 3. The molecule has 0 aliphatic rings. The Morgan fingerprint density at radius 1 is 1.29 bits per heavy atom. The minimum absolute atomic E-state index is 0.348. The third-order valence-corrected chi connectivity index (χ3v) is 2.14. The summed E-state index contributed by atoms with van der Waals surface area (Å²) in [7, 11) is 0. The van der Waals surface area contributed by atoms with E-state index in [-0.39, 0.29) is 0 Å². The summed E-state index contributed by atoms with van der Waals surface area (Å²) >= 11 is 5.61. The van der Waals surface area contributed by atoms with E-state index in [1.165, 1.54) is 0 Å². The van der Waals surface area contributed by atoms with Crippen LogP contribution in [0.15, 0.2) is 24.3 Å². The van der Waals surface area contributed by atoms with Gasteiger partial charge in [-0.3, -0.25) is 0 Å². The number of halogens is 1. The van der Waals surface area contributed by atoms with Gasteiger partial charge in [-0.2, -0.15) is 10.4 Å². The fourth-order valence-electron chi connectivity index (χ4n) is 1.10. The van der Waals surface area contributed by atoms with E-state index >= 15 is 0 Å². The molecule has 0 saturated heterocycles. The van der Waals surface area contributed by atoms with Crippen molar-refractivity contribution in [2.24, 2.45) is 0 Å². The number of nitrogens with one attached hydrogen (secondary N) is 1. The molecule has 0 bridgehead atoms. The van der Waals surface area contributed by atoms with Gasteiger partial charge in [-0.1, -0.05) is 17.6 Å². The zero-order valence-corrected chi connectivity index (χ0v) is 8.70. The molecule has 0 fully saturated rings. The Bertz CT molecular complexity index is 287. The highest BCUT2D eigenvalue weighted by Gasteiger charge is 2.25. The fraction of sp³-hybridized carbons (Fsp3) is 0.333. The van der Waals surface area contributed by atoms with Crippen molar-refractivity contribution in [1.82, 2.24) is 10.3 Å². The number of benzene rings is 1. The van der Waals surface area contributed by atoms with Gasteiger partial charge < -0.3 is 0 Å². The van der Waals surface area contributed by atoms with Crippen molar-refractivity contribution in [3.05, 3.63) is 29.8 Å². The minimum Gasteiger partial charge on any atom is -0.155 e. The number of rotatable bonds is 4. The summed E-state index contributed by atoms with van der Waals surface area (Å²) in [5, 5.41) is 19.0. The van der Waals surface area contributed by atoms with Crippen molar-refractivity contribution in [2.45, 2.75) is 12.8 Å². The first-order valence-corrected chi connectivity index (χ1v) is 4.88. The van der Waals surface area contributed by atoms with Gasteiger partial charge in [0.05, 0.1) is 4.92 Å². The van der Waals surface area contributed by atoms with E-state index in [1.54, 1.807) is 31.2 Å². The molecule has 0 amide bonds. The SMILES string of the molecule is CCN[N+](O)(O)c1ccc(CCl)cc1. The molecule has 3 N–H and O–H groups in total. The summed E-state index contributed by atoms with van der Waals surface area (Å²) in [6, 6.07) is 6.72. The standard InChI is InChI=1S/C9H14ClN2O2/c1-2-11-12(13,14)9-5-3-8(7-10)4-6-9/h3-6,11,13-14H,2,7H2,1H3/q+1. The van der Waals surface area contributed by atoms with Crippen molar-refractivity contribution in [3.8, 4) is 0 Å². The van der Waals surface area contributed by atoms with Gasteiger partial charge in [-0.15, -0.1) is 11.6 Å². The zero-order chi connectivity index (χ0) is 10.6. The molecular formula is C9H14ClN2O2+. The van der Waals surface area contributed by atoms with Crippen LogP contribution in [0.3, 0.4) is 0 Å². The molecule has 0 heterocycles. The quantitative estimate of drug-likeness (QED) is 0.411. The van der Waals surface area contributed by atoms with Crippen LogP contribution in [0.25, 0.3) is 0 Å². The van der Waals surface area contributed by atoms with Crippen LogP contribution in [0.1, 0.15) is 12.5 Å². The summed E-state index contributed by atoms with van der Waals surface area (Å²) in [5.74, 6) is 0.415. The van der Waals surface area contributed by atoms with Crippen molar-refractivity contribution in [3.63, 3.8) is 0 Å². The summed E-state index contributed by atoms with van der Waals surface area (Å²) in [5.41, 5.74) is 3.78. The van der Waals surface area contributed by atoms with Gasteiger partial charge in [0.25, 0.3) is 0 Å². The lowest BCUT2D eigenvalue weighted by molar-refractivity contribution is -0.324. The number of quaternary nitrogens is 1. The summed E-state index contributed by atoms with van der Waals surface area (Å²) < 4.78 is 0. The largest absolute Gasteiger partial charge is 0.221 e. The van der Waals surface area contributed by atoms with Gasteiger partial charge >= 0.3 is 0 Å². The number of hydrogen-bond donors (Lipinski definition) is 3. The van der Waals surface area contributed by atoms with E-state index in [4.69, 9.17) is 11.6 Å². The fourth-order valence-corrected chi connectivity index (χ4v) is 1.28. The zero-order valence-electron chi connectivity index (χ0n) is 7.94. The topological polar surface area (TPSA) is 52.5 Å². The Morgan fingerprint density at radius 3 is 2.29 bits per heavy atom. The van der Waals surface area contributed by atoms with Crippen LogP contribution in [0, 0.1) is 0 Å². The first-order chi connectivity index (χ1) is 6.60. The second-order valence-corrected chi connectivity index (χ2v) is 3.18. The highest BCUT2D eigenvalue weighted by Crippen LogP contribution is 2.17. The predicted molar refractivity (Wildman–Crippen MR) is 55.0 cm³/mol. The monoisotopic (exact) mass is 217 g/mol. The Labute approximate surface area is 87.8 Å². The molecule has 0 saturated carbocycles. The van der Waals surface area contributed by atoms with Crippen LogP contribution >= 0.6 is 11.6 Å². The number of nitrogens with zero attached hydrogens (tertiary/aromatic N) is 1. The second-order valence-electron chi connectivity index (χ2n) is 2.91. The van der Waals surface area contributed by atoms with Crippen LogP contribution in [0.4, 0.5) is 5.69 Å². The Hall–Kier alpha value is -0.650. The van der Waals surface area contributed by atoms with Crippen LogP contribution in [-0.2, 0) is 5.88 Å². The lowest BCUT2D eigenvalue weighted by Gasteiger charge is -2.19. The molecule has 1 aromatic rings. The molecule has 0 unspecified atom stereocenters. The van der Waals surface area contributed by atoms with Gasteiger partial charge in [0, 0.05) is 24.6 Å². The highest BCUT2D eigenvalue weighted by atomic mass is 35.5. The van der Waals surface area contributed by atoms with Crippen molar-refractivity contribution < 1.29 is 10.4 Å². The molecule has 0 spiro atoms.